The van der Waals surface area contributed by atoms with Crippen LogP contribution in [0, 0.1) is 6.92 Å². The van der Waals surface area contributed by atoms with Crippen LogP contribution in [0.5, 0.6) is 0 Å². The number of hydrogen-bond donors (Lipinski definition) is 4. The predicted molar refractivity (Wildman–Crippen MR) is 106 cm³/mol. The molecule has 3 aliphatic rings. The standard InChI is InChI=1S/C19H25N5O5/c1-10-2-4-11(5-3-10)6-7-28-19-22-16(20)13-17(23-19)24(9-21-13)18-15(27)14(26)12(8-25)29-18/h2-5,9,12-15,17-18,25-27H,6-8H2,1H3,(H2,20,22,23)/t12?,13?,14-,15-,17?,18?/m1/s1. The zero-order valence-corrected chi connectivity index (χ0v) is 16.0. The molecule has 1 fully saturated rings. The first-order valence-electron chi connectivity index (χ1n) is 9.51. The molecule has 0 aliphatic carbocycles. The van der Waals surface area contributed by atoms with E-state index < -0.39 is 43.4 Å². The molecule has 1 aromatic rings. The van der Waals surface area contributed by atoms with Gasteiger partial charge in [0, 0.05) is 6.42 Å². The largest absolute Gasteiger partial charge is 0.463 e. The number of amidine groups is 2. The van der Waals surface area contributed by atoms with Gasteiger partial charge in [-0.25, -0.2) is 4.99 Å². The molecule has 0 spiro atoms. The van der Waals surface area contributed by atoms with Crippen molar-refractivity contribution >= 4 is 18.2 Å². The van der Waals surface area contributed by atoms with Gasteiger partial charge in [0.25, 0.3) is 0 Å². The first-order chi connectivity index (χ1) is 14.0. The lowest BCUT2D eigenvalue weighted by molar-refractivity contribution is -0.0780. The number of benzene rings is 1. The van der Waals surface area contributed by atoms with Gasteiger partial charge in [0.05, 0.1) is 19.6 Å². The van der Waals surface area contributed by atoms with Crippen LogP contribution in [-0.4, -0.2) is 88.4 Å². The monoisotopic (exact) mass is 403 g/mol. The van der Waals surface area contributed by atoms with Crippen LogP contribution in [0.4, 0.5) is 0 Å². The summed E-state index contributed by atoms with van der Waals surface area (Å²) < 4.78 is 11.3. The van der Waals surface area contributed by atoms with Crippen LogP contribution in [0.3, 0.4) is 0 Å². The van der Waals surface area contributed by atoms with Crippen LogP contribution in [0.2, 0.25) is 0 Å². The summed E-state index contributed by atoms with van der Waals surface area (Å²) in [5.41, 5.74) is 8.38. The van der Waals surface area contributed by atoms with Gasteiger partial charge < -0.3 is 35.4 Å². The summed E-state index contributed by atoms with van der Waals surface area (Å²) in [6, 6.07) is 7.79. The van der Waals surface area contributed by atoms with Crippen LogP contribution in [-0.2, 0) is 15.9 Å². The number of aliphatic hydroxyl groups excluding tert-OH is 3. The lowest BCUT2D eigenvalue weighted by atomic mass is 10.1. The van der Waals surface area contributed by atoms with E-state index in [-0.39, 0.29) is 11.9 Å². The molecule has 3 heterocycles. The summed E-state index contributed by atoms with van der Waals surface area (Å²) in [6.07, 6.45) is -2.67. The first kappa shape index (κ1) is 19.8. The van der Waals surface area contributed by atoms with Crippen LogP contribution < -0.4 is 5.73 Å². The van der Waals surface area contributed by atoms with Gasteiger partial charge in [-0.1, -0.05) is 29.8 Å². The molecular formula is C19H25N5O5. The van der Waals surface area contributed by atoms with E-state index in [1.165, 1.54) is 11.9 Å². The van der Waals surface area contributed by atoms with Gasteiger partial charge in [0.1, 0.15) is 30.2 Å². The summed E-state index contributed by atoms with van der Waals surface area (Å²) in [5, 5.41) is 29.6. The van der Waals surface area contributed by atoms with Crippen molar-refractivity contribution in [1.82, 2.24) is 4.90 Å². The normalized spacial score (nSPS) is 33.4. The molecule has 0 radical (unpaired) electrons. The minimum atomic E-state index is -1.22. The van der Waals surface area contributed by atoms with Crippen molar-refractivity contribution in [2.45, 2.75) is 50.1 Å². The number of nitrogens with zero attached hydrogens (tertiary/aromatic N) is 4. The first-order valence-corrected chi connectivity index (χ1v) is 9.51. The smallest absolute Gasteiger partial charge is 0.315 e. The third-order valence-electron chi connectivity index (χ3n) is 5.27. The quantitative estimate of drug-likeness (QED) is 0.481. The van der Waals surface area contributed by atoms with Crippen LogP contribution in [0.1, 0.15) is 11.1 Å². The van der Waals surface area contributed by atoms with E-state index in [4.69, 9.17) is 15.2 Å². The maximum Gasteiger partial charge on any atom is 0.315 e. The van der Waals surface area contributed by atoms with Crippen molar-refractivity contribution in [3.05, 3.63) is 35.4 Å². The Morgan fingerprint density at radius 2 is 1.97 bits per heavy atom. The Morgan fingerprint density at radius 3 is 2.66 bits per heavy atom. The molecule has 29 heavy (non-hydrogen) atoms. The lowest BCUT2D eigenvalue weighted by Gasteiger charge is -2.32. The van der Waals surface area contributed by atoms with Gasteiger partial charge in [0.2, 0.25) is 0 Å². The van der Waals surface area contributed by atoms with E-state index in [1.54, 1.807) is 4.90 Å². The molecule has 156 valence electrons. The fraction of sp³-hybridized carbons (Fsp3) is 0.526. The minimum Gasteiger partial charge on any atom is -0.463 e. The highest BCUT2D eigenvalue weighted by Gasteiger charge is 2.50. The number of aliphatic imine (C=N–C) groups is 3. The Kier molecular flexibility index (Phi) is 5.50. The van der Waals surface area contributed by atoms with E-state index in [2.05, 4.69) is 15.0 Å². The molecule has 3 aliphatic heterocycles. The molecule has 0 aromatic heterocycles. The maximum absolute atomic E-state index is 10.3. The van der Waals surface area contributed by atoms with Crippen molar-refractivity contribution in [3.63, 3.8) is 0 Å². The third-order valence-corrected chi connectivity index (χ3v) is 5.27. The van der Waals surface area contributed by atoms with Gasteiger partial charge in [-0.05, 0) is 12.5 Å². The SMILES string of the molecule is Cc1ccc(CCOC2=NC3C(N=CN3C3OC(CO)[C@@H](O)[C@H]3O)C(N)=N2)cc1. The number of nitrogens with two attached hydrogens (primary N) is 1. The molecule has 0 saturated carbocycles. The molecule has 4 unspecified atom stereocenters. The molecule has 6 atom stereocenters. The highest BCUT2D eigenvalue weighted by atomic mass is 16.6. The van der Waals surface area contributed by atoms with E-state index >= 15 is 0 Å². The highest BCUT2D eigenvalue weighted by Crippen LogP contribution is 2.30. The second kappa shape index (κ2) is 8.07. The summed E-state index contributed by atoms with van der Waals surface area (Å²) in [5.74, 6) is 0.251. The second-order valence-corrected chi connectivity index (χ2v) is 7.33. The number of rotatable bonds is 5. The zero-order chi connectivity index (χ0) is 20.5. The van der Waals surface area contributed by atoms with Crippen molar-refractivity contribution in [2.75, 3.05) is 13.2 Å². The summed E-state index contributed by atoms with van der Waals surface area (Å²) in [7, 11) is 0. The van der Waals surface area contributed by atoms with Gasteiger partial charge in [-0.2, -0.15) is 4.99 Å². The van der Waals surface area contributed by atoms with E-state index in [9.17, 15) is 15.3 Å². The van der Waals surface area contributed by atoms with Gasteiger partial charge in [0.15, 0.2) is 12.4 Å². The Labute approximate surface area is 168 Å². The van der Waals surface area contributed by atoms with Gasteiger partial charge in [-0.3, -0.25) is 4.99 Å². The molecule has 1 aromatic carbocycles. The van der Waals surface area contributed by atoms with Crippen LogP contribution in [0.15, 0.2) is 39.2 Å². The van der Waals surface area contributed by atoms with Gasteiger partial charge in [-0.15, -0.1) is 0 Å². The summed E-state index contributed by atoms with van der Waals surface area (Å²) >= 11 is 0. The number of aliphatic hydroxyl groups is 3. The molecule has 4 rings (SSSR count). The molecular weight excluding hydrogens is 378 g/mol. The van der Waals surface area contributed by atoms with Crippen molar-refractivity contribution in [3.8, 4) is 0 Å². The number of ether oxygens (including phenoxy) is 2. The van der Waals surface area contributed by atoms with Gasteiger partial charge >= 0.3 is 6.02 Å². The molecule has 10 heteroatoms. The average molecular weight is 403 g/mol. The van der Waals surface area contributed by atoms with E-state index in [0.29, 0.717) is 13.0 Å². The Balaban J connectivity index is 1.43. The molecule has 1 saturated heterocycles. The maximum atomic E-state index is 10.3. The fourth-order valence-corrected chi connectivity index (χ4v) is 3.57. The average Bonchev–Trinajstić information content (AvgIpc) is 3.25. The Morgan fingerprint density at radius 1 is 1.21 bits per heavy atom. The zero-order valence-electron chi connectivity index (χ0n) is 16.0. The van der Waals surface area contributed by atoms with Crippen LogP contribution in [0.25, 0.3) is 0 Å². The molecule has 0 amide bonds. The van der Waals surface area contributed by atoms with Crippen LogP contribution >= 0.6 is 0 Å². The Bertz CT molecular complexity index is 827. The van der Waals surface area contributed by atoms with Crippen molar-refractivity contribution in [2.24, 2.45) is 20.7 Å². The molecule has 10 nitrogen and oxygen atoms in total. The fourth-order valence-electron chi connectivity index (χ4n) is 3.57. The number of hydrogen-bond acceptors (Lipinski definition) is 10. The van der Waals surface area contributed by atoms with E-state index in [0.717, 1.165) is 5.56 Å². The Hall–Kier alpha value is -2.53. The van der Waals surface area contributed by atoms with Crippen molar-refractivity contribution in [1.29, 1.82) is 0 Å². The topological polar surface area (TPSA) is 145 Å². The summed E-state index contributed by atoms with van der Waals surface area (Å²) in [6.45, 7) is 2.01. The van der Waals surface area contributed by atoms with Crippen molar-refractivity contribution < 1.29 is 24.8 Å². The second-order valence-electron chi connectivity index (χ2n) is 7.33. The predicted octanol–water partition coefficient (Wildman–Crippen LogP) is -1.24. The highest BCUT2D eigenvalue weighted by molar-refractivity contribution is 6.00. The third kappa shape index (κ3) is 3.84. The lowest BCUT2D eigenvalue weighted by Crippen LogP contribution is -2.52. The van der Waals surface area contributed by atoms with E-state index in [1.807, 2.05) is 31.2 Å². The number of aryl methyl sites for hydroxylation is 1. The summed E-state index contributed by atoms with van der Waals surface area (Å²) in [4.78, 5) is 14.5. The molecule has 5 N–H and O–H groups in total. The number of fused-ring (bicyclic) bond motifs is 1. The minimum absolute atomic E-state index is 0.137. The molecule has 0 bridgehead atoms.